The van der Waals surface area contributed by atoms with E-state index in [2.05, 4.69) is 29.9 Å². The van der Waals surface area contributed by atoms with Crippen LogP contribution in [0.15, 0.2) is 24.3 Å². The first-order valence-electron chi connectivity index (χ1n) is 9.20. The molecule has 2 aromatic rings. The van der Waals surface area contributed by atoms with E-state index in [-0.39, 0.29) is 11.7 Å². The fourth-order valence-electron chi connectivity index (χ4n) is 3.62. The quantitative estimate of drug-likeness (QED) is 0.817. The zero-order valence-electron chi connectivity index (χ0n) is 15.2. The molecule has 5 nitrogen and oxygen atoms in total. The molecule has 1 unspecified atom stereocenters. The maximum atomic E-state index is 11.2. The van der Waals surface area contributed by atoms with E-state index in [0.29, 0.717) is 23.2 Å². The van der Waals surface area contributed by atoms with Crippen molar-refractivity contribution in [3.63, 3.8) is 0 Å². The van der Waals surface area contributed by atoms with Crippen molar-refractivity contribution in [1.29, 1.82) is 0 Å². The van der Waals surface area contributed by atoms with Gasteiger partial charge >= 0.3 is 0 Å². The Morgan fingerprint density at radius 1 is 1.36 bits per heavy atom. The van der Waals surface area contributed by atoms with E-state index >= 15 is 0 Å². The van der Waals surface area contributed by atoms with Gasteiger partial charge < -0.3 is 10.4 Å². The van der Waals surface area contributed by atoms with Gasteiger partial charge in [0.2, 0.25) is 5.91 Å². The molecule has 1 aromatic carbocycles. The SMILES string of the molecule is CCC(C)n1nc(-c2ccc(NC(C)=O)cc2O)cc1C1CCCC1. The van der Waals surface area contributed by atoms with Crippen LogP contribution in [-0.2, 0) is 4.79 Å². The maximum absolute atomic E-state index is 11.2. The summed E-state index contributed by atoms with van der Waals surface area (Å²) < 4.78 is 2.15. The third kappa shape index (κ3) is 3.70. The Kier molecular flexibility index (Phi) is 5.11. The van der Waals surface area contributed by atoms with Crippen molar-refractivity contribution in [3.8, 4) is 17.0 Å². The highest BCUT2D eigenvalue weighted by molar-refractivity contribution is 5.89. The molecule has 1 atom stereocenters. The van der Waals surface area contributed by atoms with Crippen molar-refractivity contribution in [2.24, 2.45) is 0 Å². The monoisotopic (exact) mass is 341 g/mol. The van der Waals surface area contributed by atoms with Gasteiger partial charge in [0, 0.05) is 41.9 Å². The highest BCUT2D eigenvalue weighted by Crippen LogP contribution is 2.39. The number of carbonyl (C=O) groups excluding carboxylic acids is 1. The highest BCUT2D eigenvalue weighted by Gasteiger charge is 2.24. The third-order valence-corrected chi connectivity index (χ3v) is 5.14. The summed E-state index contributed by atoms with van der Waals surface area (Å²) in [5, 5.41) is 17.9. The van der Waals surface area contributed by atoms with Gasteiger partial charge in [-0.1, -0.05) is 19.8 Å². The van der Waals surface area contributed by atoms with E-state index in [1.54, 1.807) is 12.1 Å². The molecule has 1 aliphatic carbocycles. The lowest BCUT2D eigenvalue weighted by Gasteiger charge is -2.17. The summed E-state index contributed by atoms with van der Waals surface area (Å²) in [5.41, 5.74) is 3.38. The predicted octanol–water partition coefficient (Wildman–Crippen LogP) is 4.84. The van der Waals surface area contributed by atoms with Crippen LogP contribution in [0.5, 0.6) is 5.75 Å². The van der Waals surface area contributed by atoms with Crippen molar-refractivity contribution in [2.45, 2.75) is 64.8 Å². The van der Waals surface area contributed by atoms with Crippen LogP contribution in [0, 0.1) is 0 Å². The van der Waals surface area contributed by atoms with E-state index in [1.165, 1.54) is 38.3 Å². The smallest absolute Gasteiger partial charge is 0.221 e. The molecule has 3 rings (SSSR count). The minimum atomic E-state index is -0.156. The number of aromatic hydroxyl groups is 1. The first kappa shape index (κ1) is 17.5. The topological polar surface area (TPSA) is 67.2 Å². The number of amides is 1. The fourth-order valence-corrected chi connectivity index (χ4v) is 3.62. The standard InChI is InChI=1S/C20H27N3O2/c1-4-13(2)23-19(15-7-5-6-8-15)12-18(22-23)17-10-9-16(11-20(17)25)21-14(3)24/h9-13,15,25H,4-8H2,1-3H3,(H,21,24). The van der Waals surface area contributed by atoms with Gasteiger partial charge in [0.05, 0.1) is 5.69 Å². The van der Waals surface area contributed by atoms with Gasteiger partial charge in [-0.2, -0.15) is 5.10 Å². The number of carbonyl (C=O) groups is 1. The molecule has 1 amide bonds. The number of rotatable bonds is 5. The molecule has 0 aliphatic heterocycles. The van der Waals surface area contributed by atoms with Gasteiger partial charge in [-0.05, 0) is 44.4 Å². The molecule has 134 valence electrons. The molecule has 0 saturated heterocycles. The summed E-state index contributed by atoms with van der Waals surface area (Å²) in [7, 11) is 0. The highest BCUT2D eigenvalue weighted by atomic mass is 16.3. The number of hydrogen-bond acceptors (Lipinski definition) is 3. The normalized spacial score (nSPS) is 16.1. The summed E-state index contributed by atoms with van der Waals surface area (Å²) in [4.78, 5) is 11.2. The summed E-state index contributed by atoms with van der Waals surface area (Å²) in [6, 6.07) is 7.67. The average Bonchev–Trinajstić information content (AvgIpc) is 3.22. The Morgan fingerprint density at radius 3 is 2.68 bits per heavy atom. The zero-order valence-corrected chi connectivity index (χ0v) is 15.2. The summed E-state index contributed by atoms with van der Waals surface area (Å²) in [5.74, 6) is 0.547. The third-order valence-electron chi connectivity index (χ3n) is 5.14. The van der Waals surface area contributed by atoms with Crippen LogP contribution in [0.2, 0.25) is 0 Å². The fraction of sp³-hybridized carbons (Fsp3) is 0.500. The number of hydrogen-bond donors (Lipinski definition) is 2. The Balaban J connectivity index is 1.98. The molecule has 0 spiro atoms. The molecule has 2 N–H and O–H groups in total. The Hall–Kier alpha value is -2.30. The van der Waals surface area contributed by atoms with Crippen molar-refractivity contribution in [2.75, 3.05) is 5.32 Å². The number of nitrogens with zero attached hydrogens (tertiary/aromatic N) is 2. The first-order valence-corrected chi connectivity index (χ1v) is 9.20. The average molecular weight is 341 g/mol. The van der Waals surface area contributed by atoms with Crippen LogP contribution in [0.4, 0.5) is 5.69 Å². The molecule has 1 fully saturated rings. The van der Waals surface area contributed by atoms with Crippen molar-refractivity contribution in [3.05, 3.63) is 30.0 Å². The van der Waals surface area contributed by atoms with Gasteiger partial charge in [0.1, 0.15) is 5.75 Å². The van der Waals surface area contributed by atoms with Crippen LogP contribution in [0.1, 0.15) is 70.5 Å². The van der Waals surface area contributed by atoms with E-state index in [4.69, 9.17) is 5.10 Å². The van der Waals surface area contributed by atoms with Gasteiger partial charge in [0.15, 0.2) is 0 Å². The van der Waals surface area contributed by atoms with Gasteiger partial charge in [0.25, 0.3) is 0 Å². The maximum Gasteiger partial charge on any atom is 0.221 e. The van der Waals surface area contributed by atoms with Crippen molar-refractivity contribution >= 4 is 11.6 Å². The van der Waals surface area contributed by atoms with E-state index in [9.17, 15) is 9.90 Å². The molecular formula is C20H27N3O2. The number of benzene rings is 1. The lowest BCUT2D eigenvalue weighted by molar-refractivity contribution is -0.114. The van der Waals surface area contributed by atoms with E-state index < -0.39 is 0 Å². The molecule has 1 aliphatic rings. The molecule has 25 heavy (non-hydrogen) atoms. The van der Waals surface area contributed by atoms with E-state index in [0.717, 1.165) is 12.1 Å². The van der Waals surface area contributed by atoms with Crippen LogP contribution in [0.25, 0.3) is 11.3 Å². The van der Waals surface area contributed by atoms with Gasteiger partial charge in [-0.3, -0.25) is 9.48 Å². The molecule has 1 saturated carbocycles. The van der Waals surface area contributed by atoms with Crippen LogP contribution >= 0.6 is 0 Å². The number of nitrogens with one attached hydrogen (secondary N) is 1. The number of phenols is 1. The number of phenolic OH excluding ortho intramolecular Hbond substituents is 1. The molecule has 1 heterocycles. The summed E-state index contributed by atoms with van der Waals surface area (Å²) in [6.07, 6.45) is 6.02. The number of anilines is 1. The Labute approximate surface area is 149 Å². The second kappa shape index (κ2) is 7.30. The number of aromatic nitrogens is 2. The first-order chi connectivity index (χ1) is 12.0. The lowest BCUT2D eigenvalue weighted by atomic mass is 10.0. The minimum absolute atomic E-state index is 0.137. The molecular weight excluding hydrogens is 314 g/mol. The Morgan fingerprint density at radius 2 is 2.08 bits per heavy atom. The second-order valence-corrected chi connectivity index (χ2v) is 7.05. The van der Waals surface area contributed by atoms with Gasteiger partial charge in [-0.25, -0.2) is 0 Å². The second-order valence-electron chi connectivity index (χ2n) is 7.05. The largest absolute Gasteiger partial charge is 0.507 e. The van der Waals surface area contributed by atoms with Crippen molar-refractivity contribution in [1.82, 2.24) is 9.78 Å². The molecule has 0 bridgehead atoms. The molecule has 1 aromatic heterocycles. The van der Waals surface area contributed by atoms with Crippen LogP contribution in [0.3, 0.4) is 0 Å². The summed E-state index contributed by atoms with van der Waals surface area (Å²) >= 11 is 0. The molecule has 5 heteroatoms. The Bertz CT molecular complexity index is 760. The predicted molar refractivity (Wildman–Crippen MR) is 99.8 cm³/mol. The van der Waals surface area contributed by atoms with Crippen LogP contribution < -0.4 is 5.32 Å². The molecule has 0 radical (unpaired) electrons. The van der Waals surface area contributed by atoms with Gasteiger partial charge in [-0.15, -0.1) is 0 Å². The van der Waals surface area contributed by atoms with Crippen LogP contribution in [-0.4, -0.2) is 20.8 Å². The lowest BCUT2D eigenvalue weighted by Crippen LogP contribution is -2.11. The zero-order chi connectivity index (χ0) is 18.0. The van der Waals surface area contributed by atoms with E-state index in [1.807, 2.05) is 6.07 Å². The summed E-state index contributed by atoms with van der Waals surface area (Å²) in [6.45, 7) is 5.81. The van der Waals surface area contributed by atoms with Crippen molar-refractivity contribution < 1.29 is 9.90 Å². The minimum Gasteiger partial charge on any atom is -0.507 e.